The molecule has 1 aromatic rings. The van der Waals surface area contributed by atoms with Crippen molar-refractivity contribution in [3.05, 3.63) is 22.4 Å². The van der Waals surface area contributed by atoms with Gasteiger partial charge in [-0.3, -0.25) is 9.89 Å². The molecule has 24 heavy (non-hydrogen) atoms. The topological polar surface area (TPSA) is 39.7 Å². The van der Waals surface area contributed by atoms with Gasteiger partial charge in [0.2, 0.25) is 0 Å². The summed E-state index contributed by atoms with van der Waals surface area (Å²) in [5, 5.41) is 9.11. The number of thiophene rings is 1. The molecular weight excluding hydrogens is 336 g/mol. The lowest BCUT2D eigenvalue weighted by Crippen LogP contribution is -2.42. The van der Waals surface area contributed by atoms with Crippen LogP contribution in [0.4, 0.5) is 0 Å². The van der Waals surface area contributed by atoms with E-state index in [0.717, 1.165) is 31.5 Å². The molecule has 1 aliphatic rings. The van der Waals surface area contributed by atoms with Crippen LogP contribution < -0.4 is 10.6 Å². The maximum Gasteiger partial charge on any atom is 0.190 e. The Morgan fingerprint density at radius 2 is 2.17 bits per heavy atom. The molecule has 2 N–H and O–H groups in total. The highest BCUT2D eigenvalue weighted by atomic mass is 32.2. The number of guanidine groups is 1. The fourth-order valence-electron chi connectivity index (χ4n) is 3.01. The zero-order valence-corrected chi connectivity index (χ0v) is 16.7. The van der Waals surface area contributed by atoms with Crippen molar-refractivity contribution in [2.24, 2.45) is 10.9 Å². The minimum atomic E-state index is 0.764. The molecule has 0 atom stereocenters. The molecule has 0 aromatic carbocycles. The number of hydrogen-bond acceptors (Lipinski definition) is 4. The van der Waals surface area contributed by atoms with E-state index >= 15 is 0 Å². The van der Waals surface area contributed by atoms with Crippen molar-refractivity contribution in [2.45, 2.75) is 32.2 Å². The van der Waals surface area contributed by atoms with Crippen LogP contribution in [0.25, 0.3) is 0 Å². The van der Waals surface area contributed by atoms with Crippen LogP contribution in [0.15, 0.2) is 22.5 Å². The van der Waals surface area contributed by atoms with Gasteiger partial charge in [0.1, 0.15) is 0 Å². The van der Waals surface area contributed by atoms with Gasteiger partial charge in [-0.1, -0.05) is 6.07 Å². The molecule has 0 aliphatic carbocycles. The smallest absolute Gasteiger partial charge is 0.190 e. The van der Waals surface area contributed by atoms with Gasteiger partial charge in [-0.15, -0.1) is 11.3 Å². The summed E-state index contributed by atoms with van der Waals surface area (Å²) in [7, 11) is 1.86. The summed E-state index contributed by atoms with van der Waals surface area (Å²) in [5.74, 6) is 2.97. The largest absolute Gasteiger partial charge is 0.356 e. The Morgan fingerprint density at radius 1 is 1.33 bits per heavy atom. The standard InChI is InChI=1S/C18H32N4S2/c1-19-18(20-9-3-4-12-23-2)21-14-16-7-10-22(11-8-16)15-17-6-5-13-24-17/h5-6,13,16H,3-4,7-12,14-15H2,1-2H3,(H2,19,20,21). The number of thioether (sulfide) groups is 1. The van der Waals surface area contributed by atoms with Gasteiger partial charge in [0.05, 0.1) is 0 Å². The van der Waals surface area contributed by atoms with Crippen molar-refractivity contribution in [1.29, 1.82) is 0 Å². The Morgan fingerprint density at radius 3 is 2.83 bits per heavy atom. The fraction of sp³-hybridized carbons (Fsp3) is 0.722. The summed E-state index contributed by atoms with van der Waals surface area (Å²) < 4.78 is 0. The van der Waals surface area contributed by atoms with E-state index in [0.29, 0.717) is 0 Å². The van der Waals surface area contributed by atoms with Gasteiger partial charge in [0.15, 0.2) is 5.96 Å². The molecule has 136 valence electrons. The first kappa shape index (κ1) is 19.6. The molecule has 0 unspecified atom stereocenters. The molecule has 2 heterocycles. The van der Waals surface area contributed by atoms with Crippen molar-refractivity contribution in [1.82, 2.24) is 15.5 Å². The molecule has 4 nitrogen and oxygen atoms in total. The van der Waals surface area contributed by atoms with Crippen LogP contribution in [-0.4, -0.2) is 56.1 Å². The molecule has 6 heteroatoms. The Kier molecular flexibility index (Phi) is 9.61. The summed E-state index contributed by atoms with van der Waals surface area (Å²) in [6, 6.07) is 4.39. The van der Waals surface area contributed by atoms with E-state index in [1.54, 1.807) is 0 Å². The van der Waals surface area contributed by atoms with E-state index in [4.69, 9.17) is 0 Å². The SMILES string of the molecule is CN=C(NCCCCSC)NCC1CCN(Cc2cccs2)CC1. The van der Waals surface area contributed by atoms with Crippen molar-refractivity contribution in [3.8, 4) is 0 Å². The monoisotopic (exact) mass is 368 g/mol. The van der Waals surface area contributed by atoms with Gasteiger partial charge in [0.25, 0.3) is 0 Å². The molecule has 1 fully saturated rings. The highest BCUT2D eigenvalue weighted by Crippen LogP contribution is 2.20. The molecule has 0 radical (unpaired) electrons. The van der Waals surface area contributed by atoms with Crippen LogP contribution >= 0.6 is 23.1 Å². The second kappa shape index (κ2) is 11.8. The fourth-order valence-corrected chi connectivity index (χ4v) is 4.25. The number of hydrogen-bond donors (Lipinski definition) is 2. The predicted molar refractivity (Wildman–Crippen MR) is 109 cm³/mol. The summed E-state index contributed by atoms with van der Waals surface area (Å²) >= 11 is 3.79. The lowest BCUT2D eigenvalue weighted by atomic mass is 9.97. The molecule has 1 aromatic heterocycles. The van der Waals surface area contributed by atoms with Crippen LogP contribution in [0.2, 0.25) is 0 Å². The first-order valence-electron chi connectivity index (χ1n) is 9.00. The van der Waals surface area contributed by atoms with Gasteiger partial charge in [-0.05, 0) is 68.1 Å². The molecular formula is C18H32N4S2. The number of piperidine rings is 1. The minimum absolute atomic E-state index is 0.764. The van der Waals surface area contributed by atoms with Crippen LogP contribution in [0, 0.1) is 5.92 Å². The van der Waals surface area contributed by atoms with Crippen LogP contribution in [0.5, 0.6) is 0 Å². The van der Waals surface area contributed by atoms with Crippen molar-refractivity contribution < 1.29 is 0 Å². The van der Waals surface area contributed by atoms with E-state index in [9.17, 15) is 0 Å². The lowest BCUT2D eigenvalue weighted by molar-refractivity contribution is 0.179. The first-order valence-corrected chi connectivity index (χ1v) is 11.3. The van der Waals surface area contributed by atoms with Gasteiger partial charge in [-0.25, -0.2) is 0 Å². The van der Waals surface area contributed by atoms with Crippen molar-refractivity contribution in [2.75, 3.05) is 45.2 Å². The number of likely N-dealkylation sites (tertiary alicyclic amines) is 1. The van der Waals surface area contributed by atoms with Crippen LogP contribution in [0.1, 0.15) is 30.6 Å². The Labute approximate surface area is 155 Å². The third-order valence-electron chi connectivity index (χ3n) is 4.52. The van der Waals surface area contributed by atoms with Gasteiger partial charge < -0.3 is 10.6 Å². The summed E-state index contributed by atoms with van der Waals surface area (Å²) in [6.07, 6.45) is 7.21. The normalized spacial score (nSPS) is 17.2. The van der Waals surface area contributed by atoms with E-state index in [2.05, 4.69) is 44.3 Å². The van der Waals surface area contributed by atoms with Crippen LogP contribution in [-0.2, 0) is 6.54 Å². The number of unbranched alkanes of at least 4 members (excludes halogenated alkanes) is 1. The molecule has 2 rings (SSSR count). The molecule has 0 bridgehead atoms. The quantitative estimate of drug-likeness (QED) is 0.399. The highest BCUT2D eigenvalue weighted by Gasteiger charge is 2.19. The van der Waals surface area contributed by atoms with Crippen molar-refractivity contribution in [3.63, 3.8) is 0 Å². The Hall–Kier alpha value is -0.720. The second-order valence-electron chi connectivity index (χ2n) is 6.38. The molecule has 0 spiro atoms. The number of rotatable bonds is 9. The maximum absolute atomic E-state index is 4.34. The van der Waals surface area contributed by atoms with Gasteiger partial charge in [0, 0.05) is 31.6 Å². The number of nitrogens with one attached hydrogen (secondary N) is 2. The molecule has 0 saturated carbocycles. The summed E-state index contributed by atoms with van der Waals surface area (Å²) in [6.45, 7) is 5.60. The van der Waals surface area contributed by atoms with E-state index in [-0.39, 0.29) is 0 Å². The van der Waals surface area contributed by atoms with E-state index in [1.807, 2.05) is 30.1 Å². The number of aliphatic imine (C=N–C) groups is 1. The Balaban J connectivity index is 1.57. The third-order valence-corrected chi connectivity index (χ3v) is 6.07. The second-order valence-corrected chi connectivity index (χ2v) is 8.40. The summed E-state index contributed by atoms with van der Waals surface area (Å²) in [4.78, 5) is 8.40. The van der Waals surface area contributed by atoms with E-state index in [1.165, 1.54) is 49.4 Å². The third kappa shape index (κ3) is 7.45. The Bertz CT molecular complexity index is 454. The van der Waals surface area contributed by atoms with Gasteiger partial charge in [-0.2, -0.15) is 11.8 Å². The highest BCUT2D eigenvalue weighted by molar-refractivity contribution is 7.98. The average molecular weight is 369 g/mol. The first-order chi connectivity index (χ1) is 11.8. The van der Waals surface area contributed by atoms with Crippen LogP contribution in [0.3, 0.4) is 0 Å². The molecule has 1 aliphatic heterocycles. The minimum Gasteiger partial charge on any atom is -0.356 e. The average Bonchev–Trinajstić information content (AvgIpc) is 3.12. The van der Waals surface area contributed by atoms with E-state index < -0.39 is 0 Å². The zero-order chi connectivity index (χ0) is 17.0. The molecule has 0 amide bonds. The summed E-state index contributed by atoms with van der Waals surface area (Å²) in [5.41, 5.74) is 0. The predicted octanol–water partition coefficient (Wildman–Crippen LogP) is 3.27. The van der Waals surface area contributed by atoms with Gasteiger partial charge >= 0.3 is 0 Å². The zero-order valence-electron chi connectivity index (χ0n) is 15.1. The van der Waals surface area contributed by atoms with Crippen molar-refractivity contribution >= 4 is 29.1 Å². The maximum atomic E-state index is 4.34. The lowest BCUT2D eigenvalue weighted by Gasteiger charge is -2.32. The molecule has 1 saturated heterocycles. The number of nitrogens with zero attached hydrogens (tertiary/aromatic N) is 2.